The maximum Gasteiger partial charge on any atom is 0.255 e. The number of anilines is 1. The number of para-hydroxylation sites is 2. The fourth-order valence-corrected chi connectivity index (χ4v) is 2.27. The van der Waals surface area contributed by atoms with Crippen LogP contribution in [0.5, 0.6) is 5.75 Å². The van der Waals surface area contributed by atoms with Crippen LogP contribution in [0.25, 0.3) is 5.69 Å². The standard InChI is InChI=1S/C17H16N4O2/c1-12-7-8-13(9-16(12)23-2)17(22)20-14-5-3-4-6-15(14)21-11-18-10-19-21/h3-11H,1-2H3,(H,20,22). The van der Waals surface area contributed by atoms with Gasteiger partial charge in [-0.05, 0) is 36.8 Å². The fraction of sp³-hybridized carbons (Fsp3) is 0.118. The second-order valence-electron chi connectivity index (χ2n) is 5.00. The van der Waals surface area contributed by atoms with Gasteiger partial charge in [0, 0.05) is 5.56 Å². The first-order chi connectivity index (χ1) is 11.2. The first kappa shape index (κ1) is 14.8. The lowest BCUT2D eigenvalue weighted by Crippen LogP contribution is -2.14. The van der Waals surface area contributed by atoms with E-state index in [1.807, 2.05) is 37.3 Å². The van der Waals surface area contributed by atoms with E-state index in [-0.39, 0.29) is 5.91 Å². The fourth-order valence-electron chi connectivity index (χ4n) is 2.27. The summed E-state index contributed by atoms with van der Waals surface area (Å²) in [5.41, 5.74) is 2.91. The highest BCUT2D eigenvalue weighted by Crippen LogP contribution is 2.22. The number of carbonyl (C=O) groups excluding carboxylic acids is 1. The largest absolute Gasteiger partial charge is 0.496 e. The Kier molecular flexibility index (Phi) is 4.05. The number of carbonyl (C=O) groups is 1. The topological polar surface area (TPSA) is 69.0 Å². The molecule has 0 bridgehead atoms. The molecule has 6 heteroatoms. The van der Waals surface area contributed by atoms with Gasteiger partial charge in [-0.15, -0.1) is 0 Å². The molecule has 1 N–H and O–H groups in total. The van der Waals surface area contributed by atoms with Crippen LogP contribution in [0.2, 0.25) is 0 Å². The molecule has 116 valence electrons. The lowest BCUT2D eigenvalue weighted by Gasteiger charge is -2.12. The number of aryl methyl sites for hydroxylation is 1. The summed E-state index contributed by atoms with van der Waals surface area (Å²) >= 11 is 0. The van der Waals surface area contributed by atoms with Gasteiger partial charge in [0.15, 0.2) is 0 Å². The Morgan fingerprint density at radius 3 is 2.78 bits per heavy atom. The van der Waals surface area contributed by atoms with Crippen molar-refractivity contribution in [3.8, 4) is 11.4 Å². The van der Waals surface area contributed by atoms with Crippen molar-refractivity contribution >= 4 is 11.6 Å². The molecular weight excluding hydrogens is 292 g/mol. The molecule has 0 aliphatic rings. The zero-order valence-corrected chi connectivity index (χ0v) is 12.9. The molecule has 3 aromatic rings. The van der Waals surface area contributed by atoms with E-state index in [4.69, 9.17) is 4.74 Å². The number of nitrogens with one attached hydrogen (secondary N) is 1. The maximum atomic E-state index is 12.5. The first-order valence-corrected chi connectivity index (χ1v) is 7.09. The Morgan fingerprint density at radius 2 is 2.04 bits per heavy atom. The summed E-state index contributed by atoms with van der Waals surface area (Å²) in [7, 11) is 1.59. The summed E-state index contributed by atoms with van der Waals surface area (Å²) in [5.74, 6) is 0.470. The Morgan fingerprint density at radius 1 is 1.22 bits per heavy atom. The third-order valence-electron chi connectivity index (χ3n) is 3.49. The van der Waals surface area contributed by atoms with Crippen LogP contribution in [0.3, 0.4) is 0 Å². The van der Waals surface area contributed by atoms with E-state index in [2.05, 4.69) is 15.4 Å². The number of hydrogen-bond donors (Lipinski definition) is 1. The summed E-state index contributed by atoms with van der Waals surface area (Å²) in [6.45, 7) is 1.93. The molecule has 3 rings (SSSR count). The summed E-state index contributed by atoms with van der Waals surface area (Å²) in [4.78, 5) is 16.4. The smallest absolute Gasteiger partial charge is 0.255 e. The molecule has 0 spiro atoms. The quantitative estimate of drug-likeness (QED) is 0.804. The van der Waals surface area contributed by atoms with Crippen molar-refractivity contribution in [1.82, 2.24) is 14.8 Å². The highest BCUT2D eigenvalue weighted by atomic mass is 16.5. The molecule has 1 amide bonds. The van der Waals surface area contributed by atoms with Gasteiger partial charge in [-0.3, -0.25) is 4.79 Å². The highest BCUT2D eigenvalue weighted by Gasteiger charge is 2.12. The predicted molar refractivity (Wildman–Crippen MR) is 87.0 cm³/mol. The van der Waals surface area contributed by atoms with E-state index in [1.54, 1.807) is 30.3 Å². The van der Waals surface area contributed by atoms with Crippen molar-refractivity contribution in [1.29, 1.82) is 0 Å². The Hall–Kier alpha value is -3.15. The van der Waals surface area contributed by atoms with Gasteiger partial charge in [0.2, 0.25) is 0 Å². The van der Waals surface area contributed by atoms with E-state index in [0.717, 1.165) is 11.3 Å². The zero-order valence-electron chi connectivity index (χ0n) is 12.9. The molecule has 0 radical (unpaired) electrons. The number of methoxy groups -OCH3 is 1. The van der Waals surface area contributed by atoms with Crippen LogP contribution in [0.4, 0.5) is 5.69 Å². The van der Waals surface area contributed by atoms with Gasteiger partial charge < -0.3 is 10.1 Å². The second-order valence-corrected chi connectivity index (χ2v) is 5.00. The molecule has 1 heterocycles. The predicted octanol–water partition coefficient (Wildman–Crippen LogP) is 2.84. The number of hydrogen-bond acceptors (Lipinski definition) is 4. The van der Waals surface area contributed by atoms with Crippen molar-refractivity contribution < 1.29 is 9.53 Å². The van der Waals surface area contributed by atoms with E-state index in [1.165, 1.54) is 6.33 Å². The van der Waals surface area contributed by atoms with Crippen LogP contribution in [0.1, 0.15) is 15.9 Å². The number of aromatic nitrogens is 3. The van der Waals surface area contributed by atoms with Crippen molar-refractivity contribution in [3.63, 3.8) is 0 Å². The van der Waals surface area contributed by atoms with E-state index >= 15 is 0 Å². The third-order valence-corrected chi connectivity index (χ3v) is 3.49. The van der Waals surface area contributed by atoms with Crippen LogP contribution < -0.4 is 10.1 Å². The molecular formula is C17H16N4O2. The number of ether oxygens (including phenoxy) is 1. The minimum atomic E-state index is -0.212. The third kappa shape index (κ3) is 3.06. The molecule has 0 atom stereocenters. The minimum Gasteiger partial charge on any atom is -0.496 e. The molecule has 0 unspecified atom stereocenters. The van der Waals surface area contributed by atoms with Crippen LogP contribution in [-0.4, -0.2) is 27.8 Å². The van der Waals surface area contributed by atoms with Crippen molar-refractivity contribution in [3.05, 3.63) is 66.2 Å². The molecule has 23 heavy (non-hydrogen) atoms. The van der Waals surface area contributed by atoms with Gasteiger partial charge in [-0.25, -0.2) is 9.67 Å². The Balaban J connectivity index is 1.89. The molecule has 0 saturated carbocycles. The van der Waals surface area contributed by atoms with Gasteiger partial charge in [-0.2, -0.15) is 5.10 Å². The van der Waals surface area contributed by atoms with Gasteiger partial charge in [0.05, 0.1) is 18.5 Å². The molecule has 6 nitrogen and oxygen atoms in total. The van der Waals surface area contributed by atoms with Crippen molar-refractivity contribution in [2.24, 2.45) is 0 Å². The molecule has 0 saturated heterocycles. The van der Waals surface area contributed by atoms with Crippen LogP contribution in [0, 0.1) is 6.92 Å². The Labute approximate surface area is 133 Å². The number of nitrogens with zero attached hydrogens (tertiary/aromatic N) is 3. The lowest BCUT2D eigenvalue weighted by atomic mass is 10.1. The molecule has 0 aliphatic heterocycles. The first-order valence-electron chi connectivity index (χ1n) is 7.09. The minimum absolute atomic E-state index is 0.212. The zero-order chi connectivity index (χ0) is 16.2. The van der Waals surface area contributed by atoms with Crippen molar-refractivity contribution in [2.75, 3.05) is 12.4 Å². The average molecular weight is 308 g/mol. The molecule has 0 fully saturated rings. The monoisotopic (exact) mass is 308 g/mol. The normalized spacial score (nSPS) is 10.3. The highest BCUT2D eigenvalue weighted by molar-refractivity contribution is 6.05. The maximum absolute atomic E-state index is 12.5. The van der Waals surface area contributed by atoms with E-state index in [9.17, 15) is 4.79 Å². The average Bonchev–Trinajstić information content (AvgIpc) is 3.10. The van der Waals surface area contributed by atoms with E-state index < -0.39 is 0 Å². The number of amides is 1. The van der Waals surface area contributed by atoms with Gasteiger partial charge in [-0.1, -0.05) is 18.2 Å². The van der Waals surface area contributed by atoms with Crippen LogP contribution >= 0.6 is 0 Å². The molecule has 0 aliphatic carbocycles. The van der Waals surface area contributed by atoms with Crippen molar-refractivity contribution in [2.45, 2.75) is 6.92 Å². The van der Waals surface area contributed by atoms with Gasteiger partial charge in [0.1, 0.15) is 18.4 Å². The van der Waals surface area contributed by atoms with Gasteiger partial charge >= 0.3 is 0 Å². The molecule has 2 aromatic carbocycles. The van der Waals surface area contributed by atoms with Crippen LogP contribution in [0.15, 0.2) is 55.1 Å². The summed E-state index contributed by atoms with van der Waals surface area (Å²) in [6.07, 6.45) is 3.03. The summed E-state index contributed by atoms with van der Waals surface area (Å²) in [5, 5.41) is 7.00. The number of rotatable bonds is 4. The lowest BCUT2D eigenvalue weighted by molar-refractivity contribution is 0.102. The van der Waals surface area contributed by atoms with Gasteiger partial charge in [0.25, 0.3) is 5.91 Å². The number of benzene rings is 2. The Bertz CT molecular complexity index is 828. The molecule has 1 aromatic heterocycles. The summed E-state index contributed by atoms with van der Waals surface area (Å²) in [6, 6.07) is 12.8. The van der Waals surface area contributed by atoms with E-state index in [0.29, 0.717) is 17.0 Å². The SMILES string of the molecule is COc1cc(C(=O)Nc2ccccc2-n2cncn2)ccc1C. The second kappa shape index (κ2) is 6.31. The van der Waals surface area contributed by atoms with Crippen LogP contribution in [-0.2, 0) is 0 Å². The summed E-state index contributed by atoms with van der Waals surface area (Å²) < 4.78 is 6.87.